The topological polar surface area (TPSA) is 67.8 Å². The highest BCUT2D eigenvalue weighted by Gasteiger charge is 2.23. The summed E-state index contributed by atoms with van der Waals surface area (Å²) >= 11 is 0. The molecule has 0 saturated heterocycles. The fraction of sp³-hybridized carbons (Fsp3) is 0.308. The van der Waals surface area contributed by atoms with Gasteiger partial charge in [-0.05, 0) is 18.2 Å². The number of methoxy groups -OCH3 is 2. The van der Waals surface area contributed by atoms with Crippen LogP contribution < -0.4 is 14.8 Å². The van der Waals surface area contributed by atoms with Gasteiger partial charge in [0, 0.05) is 12.1 Å². The van der Waals surface area contributed by atoms with Crippen molar-refractivity contribution >= 4 is 5.97 Å². The van der Waals surface area contributed by atoms with E-state index in [0.717, 1.165) is 0 Å². The lowest BCUT2D eigenvalue weighted by molar-refractivity contribution is -0.139. The minimum Gasteiger partial charge on any atom is -0.497 e. The van der Waals surface area contributed by atoms with Crippen LogP contribution in [-0.4, -0.2) is 31.8 Å². The van der Waals surface area contributed by atoms with E-state index < -0.39 is 12.0 Å². The zero-order chi connectivity index (χ0) is 13.5. The van der Waals surface area contributed by atoms with Gasteiger partial charge >= 0.3 is 5.97 Å². The van der Waals surface area contributed by atoms with Crippen LogP contribution in [0.5, 0.6) is 11.5 Å². The van der Waals surface area contributed by atoms with Crippen molar-refractivity contribution in [2.75, 3.05) is 20.8 Å². The van der Waals surface area contributed by atoms with Gasteiger partial charge in [-0.15, -0.1) is 6.58 Å². The summed E-state index contributed by atoms with van der Waals surface area (Å²) in [7, 11) is 3.02. The molecule has 2 N–H and O–H groups in total. The third-order valence-electron chi connectivity index (χ3n) is 2.46. The molecule has 1 rings (SSSR count). The third kappa shape index (κ3) is 3.24. The van der Waals surface area contributed by atoms with Gasteiger partial charge in [-0.2, -0.15) is 0 Å². The number of benzene rings is 1. The van der Waals surface area contributed by atoms with Crippen LogP contribution in [0.25, 0.3) is 0 Å². The Kier molecular flexibility index (Phi) is 5.20. The first-order valence-corrected chi connectivity index (χ1v) is 5.43. The molecule has 0 heterocycles. The van der Waals surface area contributed by atoms with Gasteiger partial charge in [-0.25, -0.2) is 0 Å². The Balaban J connectivity index is 3.14. The molecule has 18 heavy (non-hydrogen) atoms. The molecular formula is C13H17NO4. The highest BCUT2D eigenvalue weighted by molar-refractivity contribution is 5.77. The highest BCUT2D eigenvalue weighted by Crippen LogP contribution is 2.29. The second-order valence-electron chi connectivity index (χ2n) is 3.58. The molecule has 5 nitrogen and oxygen atoms in total. The zero-order valence-electron chi connectivity index (χ0n) is 10.5. The van der Waals surface area contributed by atoms with E-state index in [1.165, 1.54) is 14.2 Å². The Morgan fingerprint density at radius 3 is 2.72 bits per heavy atom. The molecule has 0 bridgehead atoms. The van der Waals surface area contributed by atoms with E-state index in [1.54, 1.807) is 24.3 Å². The first-order chi connectivity index (χ1) is 8.63. The maximum Gasteiger partial charge on any atom is 0.325 e. The molecule has 1 aromatic rings. The molecule has 1 unspecified atom stereocenters. The fourth-order valence-electron chi connectivity index (χ4n) is 1.60. The van der Waals surface area contributed by atoms with Crippen molar-refractivity contribution < 1.29 is 19.4 Å². The van der Waals surface area contributed by atoms with Crippen LogP contribution in [0.1, 0.15) is 11.6 Å². The number of ether oxygens (including phenoxy) is 2. The summed E-state index contributed by atoms with van der Waals surface area (Å²) in [6, 6.07) is 4.18. The van der Waals surface area contributed by atoms with E-state index in [9.17, 15) is 9.90 Å². The van der Waals surface area contributed by atoms with Crippen LogP contribution in [-0.2, 0) is 4.79 Å². The van der Waals surface area contributed by atoms with E-state index in [0.29, 0.717) is 23.6 Å². The van der Waals surface area contributed by atoms with Gasteiger partial charge in [-0.3, -0.25) is 10.1 Å². The number of hydrogen-bond donors (Lipinski definition) is 2. The molecule has 1 aromatic carbocycles. The molecule has 5 heteroatoms. The molecule has 98 valence electrons. The molecule has 0 aromatic heterocycles. The van der Waals surface area contributed by atoms with Crippen molar-refractivity contribution in [3.05, 3.63) is 36.4 Å². The lowest BCUT2D eigenvalue weighted by atomic mass is 10.1. The standard InChI is InChI=1S/C13H17NO4/c1-4-7-14-12(13(15)16)10-8-9(17-2)5-6-11(10)18-3/h4-6,8,12,14H,1,7H2,2-3H3,(H,15,16). The average molecular weight is 251 g/mol. The van der Waals surface area contributed by atoms with Gasteiger partial charge < -0.3 is 14.6 Å². The van der Waals surface area contributed by atoms with E-state index in [4.69, 9.17) is 9.47 Å². The van der Waals surface area contributed by atoms with Crippen molar-refractivity contribution in [3.8, 4) is 11.5 Å². The Morgan fingerprint density at radius 1 is 1.50 bits per heavy atom. The third-order valence-corrected chi connectivity index (χ3v) is 2.46. The second kappa shape index (κ2) is 6.66. The average Bonchev–Trinajstić information content (AvgIpc) is 2.38. The van der Waals surface area contributed by atoms with Crippen LogP contribution >= 0.6 is 0 Å². The molecular weight excluding hydrogens is 234 g/mol. The minimum atomic E-state index is -0.983. The van der Waals surface area contributed by atoms with Crippen LogP contribution in [0.3, 0.4) is 0 Å². The molecule has 0 amide bonds. The summed E-state index contributed by atoms with van der Waals surface area (Å²) in [5.74, 6) is 0.0978. The molecule has 0 radical (unpaired) electrons. The lowest BCUT2D eigenvalue weighted by Crippen LogP contribution is -2.29. The molecule has 0 spiro atoms. The minimum absolute atomic E-state index is 0.386. The summed E-state index contributed by atoms with van der Waals surface area (Å²) in [6.45, 7) is 3.94. The fourth-order valence-corrected chi connectivity index (χ4v) is 1.60. The normalized spacial score (nSPS) is 11.7. The largest absolute Gasteiger partial charge is 0.497 e. The number of carboxylic acids is 1. The predicted octanol–water partition coefficient (Wildman–Crippen LogP) is 1.61. The maximum atomic E-state index is 11.3. The number of rotatable bonds is 7. The van der Waals surface area contributed by atoms with Crippen molar-refractivity contribution in [1.82, 2.24) is 5.32 Å². The quantitative estimate of drug-likeness (QED) is 0.720. The van der Waals surface area contributed by atoms with Crippen LogP contribution in [0.2, 0.25) is 0 Å². The molecule has 0 fully saturated rings. The summed E-state index contributed by atoms with van der Waals surface area (Å²) < 4.78 is 10.3. The van der Waals surface area contributed by atoms with Crippen LogP contribution in [0, 0.1) is 0 Å². The number of carboxylic acid groups (broad SMARTS) is 1. The van der Waals surface area contributed by atoms with Gasteiger partial charge in [0.25, 0.3) is 0 Å². The first kappa shape index (κ1) is 14.1. The van der Waals surface area contributed by atoms with Gasteiger partial charge in [0.2, 0.25) is 0 Å². The number of aliphatic carboxylic acids is 1. The summed E-state index contributed by atoms with van der Waals surface area (Å²) in [6.07, 6.45) is 1.60. The van der Waals surface area contributed by atoms with E-state index in [1.807, 2.05) is 0 Å². The Labute approximate surface area is 106 Å². The molecule has 0 aliphatic carbocycles. The summed E-state index contributed by atoms with van der Waals surface area (Å²) in [5.41, 5.74) is 0.520. The van der Waals surface area contributed by atoms with Crippen molar-refractivity contribution in [2.45, 2.75) is 6.04 Å². The van der Waals surface area contributed by atoms with Crippen molar-refractivity contribution in [3.63, 3.8) is 0 Å². The monoisotopic (exact) mass is 251 g/mol. The summed E-state index contributed by atoms with van der Waals surface area (Å²) in [5, 5.41) is 12.1. The molecule has 0 saturated carbocycles. The number of hydrogen-bond acceptors (Lipinski definition) is 4. The van der Waals surface area contributed by atoms with Crippen LogP contribution in [0.15, 0.2) is 30.9 Å². The Bertz CT molecular complexity index is 431. The van der Waals surface area contributed by atoms with E-state index in [2.05, 4.69) is 11.9 Å². The maximum absolute atomic E-state index is 11.3. The molecule has 0 aliphatic rings. The van der Waals surface area contributed by atoms with Gasteiger partial charge in [0.05, 0.1) is 14.2 Å². The van der Waals surface area contributed by atoms with Crippen LogP contribution in [0.4, 0.5) is 0 Å². The summed E-state index contributed by atoms with van der Waals surface area (Å²) in [4.78, 5) is 11.3. The SMILES string of the molecule is C=CCNC(C(=O)O)c1cc(OC)ccc1OC. The zero-order valence-corrected chi connectivity index (χ0v) is 10.5. The van der Waals surface area contributed by atoms with Crippen molar-refractivity contribution in [2.24, 2.45) is 0 Å². The molecule has 1 atom stereocenters. The number of nitrogens with one attached hydrogen (secondary N) is 1. The van der Waals surface area contributed by atoms with Gasteiger partial charge in [0.15, 0.2) is 0 Å². The van der Waals surface area contributed by atoms with Gasteiger partial charge in [0.1, 0.15) is 17.5 Å². The van der Waals surface area contributed by atoms with Gasteiger partial charge in [-0.1, -0.05) is 6.08 Å². The van der Waals surface area contributed by atoms with E-state index in [-0.39, 0.29) is 0 Å². The first-order valence-electron chi connectivity index (χ1n) is 5.43. The lowest BCUT2D eigenvalue weighted by Gasteiger charge is -2.17. The van der Waals surface area contributed by atoms with E-state index >= 15 is 0 Å². The Hall–Kier alpha value is -2.01. The number of carbonyl (C=O) groups is 1. The second-order valence-corrected chi connectivity index (χ2v) is 3.58. The molecule has 0 aliphatic heterocycles. The smallest absolute Gasteiger partial charge is 0.325 e. The predicted molar refractivity (Wildman–Crippen MR) is 68.1 cm³/mol. The Morgan fingerprint density at radius 2 is 2.22 bits per heavy atom. The highest BCUT2D eigenvalue weighted by atomic mass is 16.5. The van der Waals surface area contributed by atoms with Crippen molar-refractivity contribution in [1.29, 1.82) is 0 Å².